The van der Waals surface area contributed by atoms with E-state index in [1.54, 1.807) is 13.2 Å². The van der Waals surface area contributed by atoms with Crippen molar-refractivity contribution in [3.63, 3.8) is 0 Å². The van der Waals surface area contributed by atoms with Crippen LogP contribution in [0, 0.1) is 0 Å². The Morgan fingerprint density at radius 2 is 2.00 bits per heavy atom. The second-order valence-corrected chi connectivity index (χ2v) is 8.79. The van der Waals surface area contributed by atoms with Crippen LogP contribution in [0.25, 0.3) is 11.3 Å². The van der Waals surface area contributed by atoms with E-state index in [4.69, 9.17) is 14.0 Å². The number of hydrogen-bond donors (Lipinski definition) is 1. The van der Waals surface area contributed by atoms with E-state index in [-0.39, 0.29) is 6.61 Å². The van der Waals surface area contributed by atoms with Crippen LogP contribution in [0.5, 0.6) is 0 Å². The Bertz CT molecular complexity index is 820. The fourth-order valence-corrected chi connectivity index (χ4v) is 4.49. The number of aliphatic hydroxyl groups excluding tert-OH is 1. The molecule has 1 heterocycles. The predicted octanol–water partition coefficient (Wildman–Crippen LogP) is 4.12. The summed E-state index contributed by atoms with van der Waals surface area (Å²) in [6.45, 7) is 6.66. The molecule has 0 saturated heterocycles. The minimum absolute atomic E-state index is 0.263. The molecule has 7 nitrogen and oxygen atoms in total. The number of aromatic nitrogens is 1. The summed E-state index contributed by atoms with van der Waals surface area (Å²) in [7, 11) is 3.81. The van der Waals surface area contributed by atoms with E-state index in [0.29, 0.717) is 38.9 Å². The van der Waals surface area contributed by atoms with Gasteiger partial charge in [0.05, 0.1) is 31.5 Å². The molecule has 0 spiro atoms. The van der Waals surface area contributed by atoms with Gasteiger partial charge in [-0.3, -0.25) is 4.90 Å². The molecule has 0 amide bonds. The van der Waals surface area contributed by atoms with Gasteiger partial charge < -0.3 is 24.0 Å². The summed E-state index contributed by atoms with van der Waals surface area (Å²) >= 11 is 0. The number of ether oxygens (including phenoxy) is 2. The summed E-state index contributed by atoms with van der Waals surface area (Å²) in [5.74, 6) is 0.820. The molecule has 2 aromatic rings. The van der Waals surface area contributed by atoms with Gasteiger partial charge in [-0.25, -0.2) is 0 Å². The van der Waals surface area contributed by atoms with Gasteiger partial charge in [0.2, 0.25) is 5.88 Å². The molecule has 1 aliphatic rings. The zero-order chi connectivity index (χ0) is 23.5. The van der Waals surface area contributed by atoms with Crippen molar-refractivity contribution < 1.29 is 19.1 Å². The van der Waals surface area contributed by atoms with Crippen molar-refractivity contribution in [2.75, 3.05) is 52.0 Å². The van der Waals surface area contributed by atoms with E-state index in [0.717, 1.165) is 22.7 Å². The first-order chi connectivity index (χ1) is 16.1. The normalized spacial score (nSPS) is 15.6. The van der Waals surface area contributed by atoms with Crippen LogP contribution in [0.1, 0.15) is 37.7 Å². The highest BCUT2D eigenvalue weighted by molar-refractivity contribution is 5.68. The van der Waals surface area contributed by atoms with Gasteiger partial charge >= 0.3 is 0 Å². The number of benzene rings is 1. The minimum Gasteiger partial charge on any atom is -0.389 e. The van der Waals surface area contributed by atoms with Crippen LogP contribution in [-0.2, 0) is 16.0 Å². The summed E-state index contributed by atoms with van der Waals surface area (Å²) < 4.78 is 16.8. The first kappa shape index (κ1) is 25.4. The molecule has 1 aromatic heterocycles. The Morgan fingerprint density at radius 3 is 2.70 bits per heavy atom. The molecule has 1 N–H and O–H groups in total. The van der Waals surface area contributed by atoms with Crippen LogP contribution in [0.4, 0.5) is 5.88 Å². The standard InChI is InChI=1S/C26H39N3O4/c1-4-16-32-20-23(30)18-29(15-17-31-3)19-24-25(21-11-7-5-8-12-21)27-33-26(24)28(2)22-13-9-6-10-14-22/h4-5,7-8,11-12,22-23,30H,1,6,9-10,13-20H2,2-3H3/t23-/m1/s1. The molecule has 33 heavy (non-hydrogen) atoms. The molecule has 1 fully saturated rings. The second kappa shape index (κ2) is 13.5. The highest BCUT2D eigenvalue weighted by atomic mass is 16.5. The maximum absolute atomic E-state index is 10.6. The monoisotopic (exact) mass is 457 g/mol. The third-order valence-electron chi connectivity index (χ3n) is 6.27. The van der Waals surface area contributed by atoms with E-state index < -0.39 is 6.10 Å². The molecular formula is C26H39N3O4. The number of hydrogen-bond acceptors (Lipinski definition) is 7. The zero-order valence-electron chi connectivity index (χ0n) is 20.1. The van der Waals surface area contributed by atoms with Gasteiger partial charge in [0.1, 0.15) is 5.69 Å². The summed E-state index contributed by atoms with van der Waals surface area (Å²) in [6, 6.07) is 10.6. The molecular weight excluding hydrogens is 418 g/mol. The lowest BCUT2D eigenvalue weighted by Gasteiger charge is -2.32. The number of nitrogens with zero attached hydrogens (tertiary/aromatic N) is 3. The first-order valence-corrected chi connectivity index (χ1v) is 12.0. The van der Waals surface area contributed by atoms with Crippen molar-refractivity contribution in [2.45, 2.75) is 50.8 Å². The molecule has 3 rings (SSSR count). The third-order valence-corrected chi connectivity index (χ3v) is 6.27. The van der Waals surface area contributed by atoms with Gasteiger partial charge in [-0.2, -0.15) is 0 Å². The quantitative estimate of drug-likeness (QED) is 0.338. The summed E-state index contributed by atoms with van der Waals surface area (Å²) in [5.41, 5.74) is 2.93. The van der Waals surface area contributed by atoms with Gasteiger partial charge in [-0.15, -0.1) is 6.58 Å². The molecule has 0 aliphatic heterocycles. The van der Waals surface area contributed by atoms with Gasteiger partial charge in [-0.1, -0.05) is 60.8 Å². The van der Waals surface area contributed by atoms with Crippen LogP contribution in [0.3, 0.4) is 0 Å². The van der Waals surface area contributed by atoms with Gasteiger partial charge in [-0.05, 0) is 12.8 Å². The van der Waals surface area contributed by atoms with Crippen LogP contribution in [-0.4, -0.2) is 74.4 Å². The van der Waals surface area contributed by atoms with E-state index in [1.807, 2.05) is 18.2 Å². The topological polar surface area (TPSA) is 71.2 Å². The van der Waals surface area contributed by atoms with Crippen molar-refractivity contribution >= 4 is 5.88 Å². The fourth-order valence-electron chi connectivity index (χ4n) is 4.49. The van der Waals surface area contributed by atoms with Crippen molar-refractivity contribution in [1.29, 1.82) is 0 Å². The van der Waals surface area contributed by atoms with Crippen molar-refractivity contribution in [2.24, 2.45) is 0 Å². The molecule has 182 valence electrons. The van der Waals surface area contributed by atoms with Crippen LogP contribution in [0.2, 0.25) is 0 Å². The van der Waals surface area contributed by atoms with E-state index >= 15 is 0 Å². The minimum atomic E-state index is -0.610. The Labute approximate surface area is 198 Å². The first-order valence-electron chi connectivity index (χ1n) is 12.0. The summed E-state index contributed by atoms with van der Waals surface area (Å²) in [6.07, 6.45) is 7.22. The Kier molecular flexibility index (Phi) is 10.4. The Balaban J connectivity index is 1.85. The van der Waals surface area contributed by atoms with E-state index in [9.17, 15) is 5.11 Å². The number of aliphatic hydroxyl groups is 1. The Morgan fingerprint density at radius 1 is 1.24 bits per heavy atom. The number of methoxy groups -OCH3 is 1. The maximum atomic E-state index is 10.6. The summed E-state index contributed by atoms with van der Waals surface area (Å²) in [4.78, 5) is 4.45. The van der Waals surface area contributed by atoms with Crippen LogP contribution in [0.15, 0.2) is 47.5 Å². The average Bonchev–Trinajstić information content (AvgIpc) is 3.26. The van der Waals surface area contributed by atoms with E-state index in [2.05, 4.69) is 40.7 Å². The molecule has 7 heteroatoms. The van der Waals surface area contributed by atoms with Crippen molar-refractivity contribution in [1.82, 2.24) is 10.1 Å². The Hall–Kier alpha value is -2.19. The molecule has 0 unspecified atom stereocenters. The van der Waals surface area contributed by atoms with Crippen LogP contribution >= 0.6 is 0 Å². The molecule has 0 bridgehead atoms. The van der Waals surface area contributed by atoms with Gasteiger partial charge in [0.25, 0.3) is 0 Å². The second-order valence-electron chi connectivity index (χ2n) is 8.79. The maximum Gasteiger partial charge on any atom is 0.232 e. The van der Waals surface area contributed by atoms with Crippen LogP contribution < -0.4 is 4.90 Å². The molecule has 1 saturated carbocycles. The fraction of sp³-hybridized carbons (Fsp3) is 0.577. The highest BCUT2D eigenvalue weighted by Gasteiger charge is 2.28. The lowest BCUT2D eigenvalue weighted by atomic mass is 9.94. The smallest absolute Gasteiger partial charge is 0.232 e. The predicted molar refractivity (Wildman–Crippen MR) is 131 cm³/mol. The molecule has 1 atom stereocenters. The molecule has 1 aliphatic carbocycles. The zero-order valence-corrected chi connectivity index (χ0v) is 20.1. The highest BCUT2D eigenvalue weighted by Crippen LogP contribution is 2.35. The third kappa shape index (κ3) is 7.40. The van der Waals surface area contributed by atoms with Crippen molar-refractivity contribution in [3.05, 3.63) is 48.6 Å². The van der Waals surface area contributed by atoms with E-state index in [1.165, 1.54) is 32.1 Å². The molecule has 0 radical (unpaired) electrons. The van der Waals surface area contributed by atoms with Crippen molar-refractivity contribution in [3.8, 4) is 11.3 Å². The average molecular weight is 458 g/mol. The van der Waals surface area contributed by atoms with Gasteiger partial charge in [0.15, 0.2) is 0 Å². The lowest BCUT2D eigenvalue weighted by Crippen LogP contribution is -2.38. The largest absolute Gasteiger partial charge is 0.389 e. The number of anilines is 1. The molecule has 1 aromatic carbocycles. The SMILES string of the molecule is C=CCOC[C@H](O)CN(CCOC)Cc1c(-c2ccccc2)noc1N(C)C1CCCCC1. The van der Waals surface area contributed by atoms with Gasteiger partial charge in [0, 0.05) is 45.4 Å². The summed E-state index contributed by atoms with van der Waals surface area (Å²) in [5, 5.41) is 15.1. The lowest BCUT2D eigenvalue weighted by molar-refractivity contribution is 0.0194. The number of rotatable bonds is 14.